The van der Waals surface area contributed by atoms with Gasteiger partial charge in [0.25, 0.3) is 11.5 Å². The zero-order chi connectivity index (χ0) is 19.0. The molecule has 2 heterocycles. The monoisotopic (exact) mass is 380 g/mol. The van der Waals surface area contributed by atoms with Crippen molar-refractivity contribution in [2.45, 2.75) is 23.8 Å². The fourth-order valence-corrected chi connectivity index (χ4v) is 3.84. The Labute approximate surface area is 158 Å². The van der Waals surface area contributed by atoms with Crippen LogP contribution in [-0.2, 0) is 9.59 Å². The van der Waals surface area contributed by atoms with Gasteiger partial charge < -0.3 is 5.32 Å². The minimum atomic E-state index is -0.663. The summed E-state index contributed by atoms with van der Waals surface area (Å²) in [6, 6.07) is 14.4. The van der Waals surface area contributed by atoms with Gasteiger partial charge in [-0.25, -0.2) is 4.98 Å². The van der Waals surface area contributed by atoms with E-state index in [2.05, 4.69) is 15.7 Å². The zero-order valence-corrected chi connectivity index (χ0v) is 15.2. The van der Waals surface area contributed by atoms with Crippen LogP contribution in [-0.4, -0.2) is 26.7 Å². The highest BCUT2D eigenvalue weighted by molar-refractivity contribution is 8.00. The summed E-state index contributed by atoms with van der Waals surface area (Å²) in [5.41, 5.74) is 4.54. The second-order valence-electron chi connectivity index (χ2n) is 6.25. The molecule has 27 heavy (non-hydrogen) atoms. The molecule has 0 radical (unpaired) electrons. The van der Waals surface area contributed by atoms with Crippen molar-refractivity contribution in [2.24, 2.45) is 0 Å². The highest BCUT2D eigenvalue weighted by Gasteiger charge is 2.31. The molecule has 0 saturated carbocycles. The second-order valence-corrected chi connectivity index (χ2v) is 7.42. The van der Waals surface area contributed by atoms with E-state index in [9.17, 15) is 14.4 Å². The molecule has 0 aliphatic carbocycles. The highest BCUT2D eigenvalue weighted by Crippen LogP contribution is 2.28. The van der Waals surface area contributed by atoms with Crippen LogP contribution in [0.15, 0.2) is 58.5 Å². The van der Waals surface area contributed by atoms with Crippen molar-refractivity contribution in [1.29, 1.82) is 0 Å². The van der Waals surface area contributed by atoms with Crippen molar-refractivity contribution < 1.29 is 9.59 Å². The van der Waals surface area contributed by atoms with Gasteiger partial charge in [0, 0.05) is 12.1 Å². The van der Waals surface area contributed by atoms with Gasteiger partial charge in [0.1, 0.15) is 5.25 Å². The maximum absolute atomic E-state index is 12.5. The first-order valence-corrected chi connectivity index (χ1v) is 9.25. The molecular formula is C19H16N4O3S. The molecule has 7 nitrogen and oxygen atoms in total. The molecule has 3 aromatic rings. The van der Waals surface area contributed by atoms with Gasteiger partial charge in [0.15, 0.2) is 5.16 Å². The minimum absolute atomic E-state index is 0.0208. The molecule has 0 unspecified atom stereocenters. The summed E-state index contributed by atoms with van der Waals surface area (Å²) in [5.74, 6) is -0.672. The largest absolute Gasteiger partial charge is 0.326 e. The quantitative estimate of drug-likeness (QED) is 0.680. The molecule has 1 aromatic heterocycles. The smallest absolute Gasteiger partial charge is 0.281 e. The molecule has 136 valence electrons. The standard InChI is InChI=1S/C19H16N4O3S/c1-11-6-8-12(9-7-11)20-16(24)10-15-17(25)22-23-18(26)13-4-2-3-5-14(13)21-19(23)27-15/h2-9,15H,10H2,1H3,(H,20,24)(H,22,25)/t15-/m1/s1. The summed E-state index contributed by atoms with van der Waals surface area (Å²) in [4.78, 5) is 41.7. The van der Waals surface area contributed by atoms with Crippen LogP contribution in [0.2, 0.25) is 0 Å². The third kappa shape index (κ3) is 3.43. The lowest BCUT2D eigenvalue weighted by molar-refractivity contribution is -0.121. The number of benzene rings is 2. The molecule has 2 N–H and O–H groups in total. The van der Waals surface area contributed by atoms with Crippen LogP contribution < -0.4 is 16.3 Å². The van der Waals surface area contributed by atoms with Crippen molar-refractivity contribution in [3.63, 3.8) is 0 Å². The molecule has 0 fully saturated rings. The molecule has 2 amide bonds. The number of thioether (sulfide) groups is 1. The molecular weight excluding hydrogens is 364 g/mol. The van der Waals surface area contributed by atoms with Crippen molar-refractivity contribution in [3.05, 3.63) is 64.4 Å². The maximum atomic E-state index is 12.5. The number of aryl methyl sites for hydroxylation is 1. The predicted molar refractivity (Wildman–Crippen MR) is 104 cm³/mol. The Hall–Kier alpha value is -3.13. The highest BCUT2D eigenvalue weighted by atomic mass is 32.2. The Bertz CT molecular complexity index is 1110. The lowest BCUT2D eigenvalue weighted by Crippen LogP contribution is -2.44. The summed E-state index contributed by atoms with van der Waals surface area (Å²) in [5, 5.41) is 2.91. The van der Waals surface area contributed by atoms with Gasteiger partial charge in [-0.05, 0) is 31.2 Å². The molecule has 1 aliphatic heterocycles. The summed E-state index contributed by atoms with van der Waals surface area (Å²) in [6.07, 6.45) is -0.0208. The lowest BCUT2D eigenvalue weighted by atomic mass is 10.2. The Morgan fingerprint density at radius 2 is 1.93 bits per heavy atom. The van der Waals surface area contributed by atoms with E-state index >= 15 is 0 Å². The van der Waals surface area contributed by atoms with E-state index < -0.39 is 11.2 Å². The summed E-state index contributed by atoms with van der Waals surface area (Å²) in [6.45, 7) is 1.96. The van der Waals surface area contributed by atoms with Gasteiger partial charge in [-0.2, -0.15) is 4.68 Å². The van der Waals surface area contributed by atoms with Crippen molar-refractivity contribution >= 4 is 40.2 Å². The van der Waals surface area contributed by atoms with Crippen molar-refractivity contribution in [2.75, 3.05) is 10.7 Å². The number of nitrogens with one attached hydrogen (secondary N) is 2. The Morgan fingerprint density at radius 3 is 2.70 bits per heavy atom. The van der Waals surface area contributed by atoms with Gasteiger partial charge in [0.05, 0.1) is 10.9 Å². The van der Waals surface area contributed by atoms with Crippen LogP contribution in [0, 0.1) is 6.92 Å². The van der Waals surface area contributed by atoms with E-state index in [4.69, 9.17) is 0 Å². The average molecular weight is 380 g/mol. The molecule has 1 aliphatic rings. The second kappa shape index (κ2) is 6.88. The zero-order valence-electron chi connectivity index (χ0n) is 14.4. The number of aromatic nitrogens is 2. The van der Waals surface area contributed by atoms with E-state index in [1.165, 1.54) is 0 Å². The number of carbonyl (C=O) groups excluding carboxylic acids is 2. The van der Waals surface area contributed by atoms with Gasteiger partial charge in [-0.15, -0.1) is 0 Å². The number of rotatable bonds is 3. The molecule has 0 saturated heterocycles. The van der Waals surface area contributed by atoms with E-state index in [-0.39, 0.29) is 17.9 Å². The van der Waals surface area contributed by atoms with Crippen LogP contribution in [0.1, 0.15) is 12.0 Å². The van der Waals surface area contributed by atoms with E-state index in [0.29, 0.717) is 21.7 Å². The first-order valence-electron chi connectivity index (χ1n) is 8.37. The Balaban J connectivity index is 1.54. The van der Waals surface area contributed by atoms with E-state index in [0.717, 1.165) is 22.0 Å². The van der Waals surface area contributed by atoms with Crippen LogP contribution in [0.4, 0.5) is 5.69 Å². The van der Waals surface area contributed by atoms with Gasteiger partial charge in [-0.3, -0.25) is 19.8 Å². The first-order chi connectivity index (χ1) is 13.0. The van der Waals surface area contributed by atoms with E-state index in [1.807, 2.05) is 31.2 Å². The molecule has 2 aromatic carbocycles. The topological polar surface area (TPSA) is 93.1 Å². The van der Waals surface area contributed by atoms with Gasteiger partial charge in [0.2, 0.25) is 5.91 Å². The van der Waals surface area contributed by atoms with Crippen molar-refractivity contribution in [3.8, 4) is 0 Å². The number of hydrogen-bond donors (Lipinski definition) is 2. The number of hydrogen-bond acceptors (Lipinski definition) is 5. The third-order valence-electron chi connectivity index (χ3n) is 4.21. The molecule has 0 bridgehead atoms. The fourth-order valence-electron chi connectivity index (χ4n) is 2.80. The van der Waals surface area contributed by atoms with Crippen LogP contribution in [0.25, 0.3) is 10.9 Å². The maximum Gasteiger partial charge on any atom is 0.281 e. The van der Waals surface area contributed by atoms with Crippen LogP contribution in [0.3, 0.4) is 0 Å². The minimum Gasteiger partial charge on any atom is -0.326 e. The number of fused-ring (bicyclic) bond motifs is 2. The van der Waals surface area contributed by atoms with Gasteiger partial charge >= 0.3 is 0 Å². The summed E-state index contributed by atoms with van der Waals surface area (Å²) < 4.78 is 1.14. The normalized spacial score (nSPS) is 15.9. The van der Waals surface area contributed by atoms with Crippen LogP contribution >= 0.6 is 11.8 Å². The number of carbonyl (C=O) groups is 2. The number of anilines is 1. The van der Waals surface area contributed by atoms with Crippen LogP contribution in [0.5, 0.6) is 0 Å². The third-order valence-corrected chi connectivity index (χ3v) is 5.36. The molecule has 8 heteroatoms. The Morgan fingerprint density at radius 1 is 1.19 bits per heavy atom. The summed E-state index contributed by atoms with van der Waals surface area (Å²) in [7, 11) is 0. The van der Waals surface area contributed by atoms with Gasteiger partial charge in [-0.1, -0.05) is 41.6 Å². The Kier molecular flexibility index (Phi) is 4.41. The summed E-state index contributed by atoms with van der Waals surface area (Å²) >= 11 is 1.11. The number of amides is 2. The molecule has 0 spiro atoms. The average Bonchev–Trinajstić information content (AvgIpc) is 2.65. The number of nitrogens with zero attached hydrogens (tertiary/aromatic N) is 2. The fraction of sp³-hybridized carbons (Fsp3) is 0.158. The van der Waals surface area contributed by atoms with Crippen molar-refractivity contribution in [1.82, 2.24) is 9.66 Å². The lowest BCUT2D eigenvalue weighted by Gasteiger charge is -2.24. The number of para-hydroxylation sites is 1. The SMILES string of the molecule is Cc1ccc(NC(=O)C[C@H]2Sc3nc4ccccc4c(=O)n3NC2=O)cc1. The molecule has 1 atom stereocenters. The van der Waals surface area contributed by atoms with E-state index in [1.54, 1.807) is 24.3 Å². The predicted octanol–water partition coefficient (Wildman–Crippen LogP) is 2.28. The molecule has 4 rings (SSSR count). The first kappa shape index (κ1) is 17.3.